The van der Waals surface area contributed by atoms with E-state index in [1.165, 1.54) is 42.9 Å². The molecule has 0 aromatic heterocycles. The van der Waals surface area contributed by atoms with Crippen molar-refractivity contribution in [1.82, 2.24) is 5.32 Å². The molecule has 0 spiro atoms. The molecular formula is C25H23Cl2F6N3O2. The lowest BCUT2D eigenvalue weighted by atomic mass is 9.80. The summed E-state index contributed by atoms with van der Waals surface area (Å²) in [6, 6.07) is 10.6. The number of fused-ring (bicyclic) bond motifs is 2. The average Bonchev–Trinajstić information content (AvgIpc) is 3.32. The largest absolute Gasteiger partial charge is 0.458 e. The zero-order valence-corrected chi connectivity index (χ0v) is 21.3. The molecule has 1 saturated heterocycles. The fraction of sp³-hybridized carbons (Fsp3) is 0.440. The smallest absolute Gasteiger partial charge is 0.381 e. The average molecular weight is 582 g/mol. The van der Waals surface area contributed by atoms with Crippen LogP contribution in [0.5, 0.6) is 0 Å². The molecule has 206 valence electrons. The summed E-state index contributed by atoms with van der Waals surface area (Å²) < 4.78 is 67.0. The first kappa shape index (κ1) is 28.5. The number of aryl methyl sites for hydroxylation is 1. The Labute approximate surface area is 224 Å². The van der Waals surface area contributed by atoms with Gasteiger partial charge in [-0.05, 0) is 59.7 Å². The molecule has 38 heavy (non-hydrogen) atoms. The summed E-state index contributed by atoms with van der Waals surface area (Å²) >= 11 is 12.2. The molecule has 2 aromatic carbocycles. The second-order valence-electron chi connectivity index (χ2n) is 9.40. The first-order valence-electron chi connectivity index (χ1n) is 11.8. The van der Waals surface area contributed by atoms with E-state index in [2.05, 4.69) is 27.7 Å². The lowest BCUT2D eigenvalue weighted by molar-refractivity contribution is -0.193. The first-order chi connectivity index (χ1) is 17.8. The predicted molar refractivity (Wildman–Crippen MR) is 132 cm³/mol. The van der Waals surface area contributed by atoms with E-state index in [4.69, 9.17) is 23.2 Å². The summed E-state index contributed by atoms with van der Waals surface area (Å²) in [6.45, 7) is 5.44. The van der Waals surface area contributed by atoms with Crippen molar-refractivity contribution in [2.45, 2.75) is 37.7 Å². The molecule has 0 amide bonds. The lowest BCUT2D eigenvalue weighted by Gasteiger charge is -2.42. The van der Waals surface area contributed by atoms with Crippen LogP contribution in [0.4, 0.5) is 37.7 Å². The van der Waals surface area contributed by atoms with E-state index in [-0.39, 0.29) is 0 Å². The van der Waals surface area contributed by atoms with Crippen LogP contribution in [0, 0.1) is 5.92 Å². The number of hydrogen-bond acceptors (Lipinski definition) is 5. The maximum atomic E-state index is 11.2. The Bertz CT molecular complexity index is 1210. The molecule has 2 aromatic rings. The third kappa shape index (κ3) is 6.21. The zero-order chi connectivity index (χ0) is 27.8. The fourth-order valence-electron chi connectivity index (χ4n) is 5.12. The normalized spacial score (nSPS) is 20.2. The van der Waals surface area contributed by atoms with Crippen molar-refractivity contribution >= 4 is 46.1 Å². The number of halogens is 8. The Hall–Kier alpha value is -2.50. The van der Waals surface area contributed by atoms with Crippen LogP contribution in [0.25, 0.3) is 0 Å². The van der Waals surface area contributed by atoms with Crippen LogP contribution in [0.2, 0.25) is 10.0 Å². The summed E-state index contributed by atoms with van der Waals surface area (Å²) in [5.74, 6) is -5.41. The van der Waals surface area contributed by atoms with Crippen LogP contribution in [0.1, 0.15) is 29.0 Å². The Morgan fingerprint density at radius 1 is 0.974 bits per heavy atom. The quantitative estimate of drug-likeness (QED) is 0.346. The number of anilines is 2. The highest BCUT2D eigenvalue weighted by Gasteiger charge is 2.54. The van der Waals surface area contributed by atoms with Crippen LogP contribution in [0.15, 0.2) is 30.3 Å². The summed E-state index contributed by atoms with van der Waals surface area (Å²) in [5.41, 5.74) is 6.95. The molecule has 0 saturated carbocycles. The minimum atomic E-state index is -5.77. The molecule has 2 N–H and O–H groups in total. The third-order valence-corrected chi connectivity index (χ3v) is 7.54. The van der Waals surface area contributed by atoms with Gasteiger partial charge in [0.25, 0.3) is 0 Å². The van der Waals surface area contributed by atoms with Crippen LogP contribution in [-0.4, -0.2) is 50.1 Å². The van der Waals surface area contributed by atoms with E-state index >= 15 is 0 Å². The van der Waals surface area contributed by atoms with Crippen molar-refractivity contribution in [2.24, 2.45) is 5.92 Å². The number of nitrogens with zero attached hydrogens (tertiary/aromatic N) is 1. The minimum Gasteiger partial charge on any atom is -0.381 e. The Balaban J connectivity index is 0.000000240. The minimum absolute atomic E-state index is 0.605. The van der Waals surface area contributed by atoms with E-state index in [0.717, 1.165) is 31.1 Å². The molecule has 5 nitrogen and oxygen atoms in total. The van der Waals surface area contributed by atoms with Gasteiger partial charge in [0.2, 0.25) is 0 Å². The molecule has 1 fully saturated rings. The molecule has 3 aliphatic heterocycles. The predicted octanol–water partition coefficient (Wildman–Crippen LogP) is 5.92. The molecular weight excluding hydrogens is 559 g/mol. The summed E-state index contributed by atoms with van der Waals surface area (Å²) in [5, 5.41) is 8.43. The number of hydrogen-bond donors (Lipinski definition) is 2. The molecule has 2 atom stereocenters. The standard InChI is InChI=1S/C21H23Cl2N3.C4F6O2/c22-19-4-3-13(6-20(19)23)9-25-16-7-14-2-1-5-26-12-15-10-24-11-18(15)17(8-16)21(14)26;5-3(6,7)1(11)2(12)4(8,9)10/h3-4,6-8,15,18,24-25H,1-2,5,9-12H2;/t15-,18-;/m1./s1. The van der Waals surface area contributed by atoms with Gasteiger partial charge in [0.15, 0.2) is 0 Å². The number of ketones is 2. The number of Topliss-reactive ketones (excluding diaryl/α,β-unsaturated/α-hetero) is 2. The van der Waals surface area contributed by atoms with Gasteiger partial charge in [-0.3, -0.25) is 9.59 Å². The molecule has 0 bridgehead atoms. The number of rotatable bonds is 4. The maximum Gasteiger partial charge on any atom is 0.458 e. The fourth-order valence-corrected chi connectivity index (χ4v) is 5.44. The Kier molecular flexibility index (Phi) is 8.20. The van der Waals surface area contributed by atoms with Gasteiger partial charge in [-0.25, -0.2) is 0 Å². The van der Waals surface area contributed by atoms with Crippen LogP contribution < -0.4 is 15.5 Å². The van der Waals surface area contributed by atoms with E-state index < -0.39 is 23.9 Å². The zero-order valence-electron chi connectivity index (χ0n) is 19.8. The number of benzene rings is 2. The van der Waals surface area contributed by atoms with E-state index in [0.29, 0.717) is 16.0 Å². The van der Waals surface area contributed by atoms with E-state index in [1.807, 2.05) is 18.2 Å². The van der Waals surface area contributed by atoms with Crippen molar-refractivity contribution < 1.29 is 35.9 Å². The van der Waals surface area contributed by atoms with Gasteiger partial charge in [-0.15, -0.1) is 0 Å². The highest BCUT2D eigenvalue weighted by atomic mass is 35.5. The molecule has 0 aliphatic carbocycles. The molecule has 13 heteroatoms. The van der Waals surface area contributed by atoms with Gasteiger partial charge in [-0.2, -0.15) is 26.3 Å². The van der Waals surface area contributed by atoms with Crippen molar-refractivity contribution in [3.8, 4) is 0 Å². The number of alkyl halides is 6. The van der Waals surface area contributed by atoms with Gasteiger partial charge in [0, 0.05) is 50.0 Å². The Morgan fingerprint density at radius 2 is 1.66 bits per heavy atom. The van der Waals surface area contributed by atoms with E-state index in [1.54, 1.807) is 5.56 Å². The number of nitrogens with one attached hydrogen (secondary N) is 2. The van der Waals surface area contributed by atoms with Crippen molar-refractivity contribution in [2.75, 3.05) is 36.4 Å². The van der Waals surface area contributed by atoms with Gasteiger partial charge in [0.1, 0.15) is 0 Å². The number of carbonyl (C=O) groups is 2. The second kappa shape index (κ2) is 10.9. The monoisotopic (exact) mass is 581 g/mol. The lowest BCUT2D eigenvalue weighted by Crippen LogP contribution is -2.41. The molecule has 0 unspecified atom stereocenters. The summed E-state index contributed by atoms with van der Waals surface area (Å²) in [6.07, 6.45) is -9.10. The highest BCUT2D eigenvalue weighted by molar-refractivity contribution is 6.42. The van der Waals surface area contributed by atoms with Crippen LogP contribution in [-0.2, 0) is 22.6 Å². The van der Waals surface area contributed by atoms with Gasteiger partial charge in [-0.1, -0.05) is 29.3 Å². The first-order valence-corrected chi connectivity index (χ1v) is 12.5. The Morgan fingerprint density at radius 3 is 2.29 bits per heavy atom. The van der Waals surface area contributed by atoms with Crippen molar-refractivity contribution in [3.05, 3.63) is 57.1 Å². The molecule has 5 rings (SSSR count). The molecule has 3 aliphatic rings. The van der Waals surface area contributed by atoms with Gasteiger partial charge < -0.3 is 15.5 Å². The molecule has 0 radical (unpaired) electrons. The third-order valence-electron chi connectivity index (χ3n) is 6.80. The van der Waals surface area contributed by atoms with E-state index in [9.17, 15) is 35.9 Å². The number of carbonyl (C=O) groups excluding carboxylic acids is 2. The van der Waals surface area contributed by atoms with Crippen molar-refractivity contribution in [3.63, 3.8) is 0 Å². The second-order valence-corrected chi connectivity index (χ2v) is 10.2. The van der Waals surface area contributed by atoms with Crippen LogP contribution in [0.3, 0.4) is 0 Å². The summed E-state index contributed by atoms with van der Waals surface area (Å²) in [4.78, 5) is 21.9. The van der Waals surface area contributed by atoms with Gasteiger partial charge in [0.05, 0.1) is 10.0 Å². The van der Waals surface area contributed by atoms with Crippen molar-refractivity contribution in [1.29, 1.82) is 0 Å². The van der Waals surface area contributed by atoms with Gasteiger partial charge >= 0.3 is 23.9 Å². The SMILES string of the molecule is Clc1ccc(CNc2cc3c4c(c2)[C@@H]2CNC[C@@H]2CN4CCC3)cc1Cl.O=C(C(=O)C(F)(F)F)C(F)(F)F. The topological polar surface area (TPSA) is 61.4 Å². The van der Waals surface area contributed by atoms with Crippen LogP contribution >= 0.6 is 23.2 Å². The molecule has 3 heterocycles. The maximum absolute atomic E-state index is 11.2. The summed E-state index contributed by atoms with van der Waals surface area (Å²) in [7, 11) is 0. The highest BCUT2D eigenvalue weighted by Crippen LogP contribution is 2.45.